The quantitative estimate of drug-likeness (QED) is 0.311. The number of hydrogen-bond donors (Lipinski definition) is 1. The normalized spacial score (nSPS) is 11.3. The van der Waals surface area contributed by atoms with Crippen LogP contribution in [0.15, 0.2) is 20.5 Å². The molecule has 8 nitrogen and oxygen atoms in total. The number of rotatable bonds is 9. The van der Waals surface area contributed by atoms with Gasteiger partial charge in [0.25, 0.3) is 5.56 Å². The van der Waals surface area contributed by atoms with Crippen LogP contribution in [0.1, 0.15) is 29.5 Å². The Balaban J connectivity index is 1.82. The van der Waals surface area contributed by atoms with Crippen molar-refractivity contribution in [2.45, 2.75) is 45.8 Å². The van der Waals surface area contributed by atoms with Gasteiger partial charge >= 0.3 is 0 Å². The number of hydrogen-bond acceptors (Lipinski definition) is 8. The van der Waals surface area contributed by atoms with Crippen LogP contribution >= 0.6 is 23.1 Å². The van der Waals surface area contributed by atoms with E-state index in [-0.39, 0.29) is 17.2 Å². The van der Waals surface area contributed by atoms with Gasteiger partial charge in [-0.2, -0.15) is 0 Å². The van der Waals surface area contributed by atoms with Crippen LogP contribution in [0.5, 0.6) is 0 Å². The van der Waals surface area contributed by atoms with Crippen LogP contribution in [0, 0.1) is 20.8 Å². The fourth-order valence-corrected chi connectivity index (χ4v) is 4.71. The highest BCUT2D eigenvalue weighted by atomic mass is 32.2. The first-order chi connectivity index (χ1) is 13.9. The number of nitrogens with zero attached hydrogens (tertiary/aromatic N) is 3. The van der Waals surface area contributed by atoms with E-state index in [1.165, 1.54) is 23.1 Å². The van der Waals surface area contributed by atoms with Crippen molar-refractivity contribution in [3.8, 4) is 0 Å². The monoisotopic (exact) mass is 436 g/mol. The number of anilines is 1. The van der Waals surface area contributed by atoms with Crippen molar-refractivity contribution in [3.05, 3.63) is 32.6 Å². The third kappa shape index (κ3) is 5.06. The average molecular weight is 437 g/mol. The van der Waals surface area contributed by atoms with Crippen LogP contribution in [-0.4, -0.2) is 39.6 Å². The van der Waals surface area contributed by atoms with Gasteiger partial charge in [0.1, 0.15) is 4.83 Å². The molecular formula is C19H24N4O4S2. The molecule has 1 N–H and O–H groups in total. The minimum Gasteiger partial charge on any atom is -0.382 e. The van der Waals surface area contributed by atoms with E-state index in [1.54, 1.807) is 17.6 Å². The molecule has 1 amide bonds. The van der Waals surface area contributed by atoms with Crippen molar-refractivity contribution in [1.82, 2.24) is 14.7 Å². The zero-order valence-corrected chi connectivity index (χ0v) is 18.5. The minimum atomic E-state index is -0.250. The second kappa shape index (κ2) is 9.55. The Hall–Kier alpha value is -2.17. The zero-order chi connectivity index (χ0) is 21.0. The molecule has 0 aliphatic heterocycles. The van der Waals surface area contributed by atoms with Crippen molar-refractivity contribution in [3.63, 3.8) is 0 Å². The maximum absolute atomic E-state index is 13.1. The third-order valence-corrected chi connectivity index (χ3v) is 6.43. The molecule has 3 aromatic rings. The van der Waals surface area contributed by atoms with E-state index in [0.717, 1.165) is 10.4 Å². The van der Waals surface area contributed by atoms with E-state index in [2.05, 4.69) is 15.5 Å². The molecule has 3 aromatic heterocycles. The fourth-order valence-electron chi connectivity index (χ4n) is 2.81. The number of nitrogens with one attached hydrogen (secondary N) is 1. The molecule has 0 saturated carbocycles. The van der Waals surface area contributed by atoms with Crippen LogP contribution in [0.3, 0.4) is 0 Å². The predicted octanol–water partition coefficient (Wildman–Crippen LogP) is 3.53. The molecule has 0 spiro atoms. The van der Waals surface area contributed by atoms with E-state index in [1.807, 2.05) is 20.8 Å². The number of fused-ring (bicyclic) bond motifs is 1. The number of amides is 1. The first-order valence-electron chi connectivity index (χ1n) is 9.35. The Labute approximate surface area is 176 Å². The predicted molar refractivity (Wildman–Crippen MR) is 115 cm³/mol. The second-order valence-electron chi connectivity index (χ2n) is 6.53. The van der Waals surface area contributed by atoms with E-state index in [9.17, 15) is 9.59 Å². The summed E-state index contributed by atoms with van der Waals surface area (Å²) in [4.78, 5) is 31.9. The van der Waals surface area contributed by atoms with Gasteiger partial charge in [-0.25, -0.2) is 4.98 Å². The average Bonchev–Trinajstić information content (AvgIpc) is 3.21. The van der Waals surface area contributed by atoms with Crippen molar-refractivity contribution in [2.75, 3.05) is 24.3 Å². The molecule has 3 heterocycles. The molecule has 10 heteroatoms. The lowest BCUT2D eigenvalue weighted by Crippen LogP contribution is -2.25. The summed E-state index contributed by atoms with van der Waals surface area (Å²) in [5.41, 5.74) is 1.59. The molecular weight excluding hydrogens is 412 g/mol. The molecule has 0 aliphatic carbocycles. The summed E-state index contributed by atoms with van der Waals surface area (Å²) in [6.07, 6.45) is 0.695. The van der Waals surface area contributed by atoms with Crippen LogP contribution in [0.2, 0.25) is 0 Å². The highest BCUT2D eigenvalue weighted by Gasteiger charge is 2.18. The van der Waals surface area contributed by atoms with Crippen LogP contribution in [0.25, 0.3) is 10.2 Å². The molecule has 0 unspecified atom stereocenters. The van der Waals surface area contributed by atoms with Gasteiger partial charge in [-0.05, 0) is 39.7 Å². The third-order valence-electron chi connectivity index (χ3n) is 4.35. The largest absolute Gasteiger partial charge is 0.382 e. The molecule has 0 fully saturated rings. The molecule has 29 heavy (non-hydrogen) atoms. The van der Waals surface area contributed by atoms with Gasteiger partial charge in [-0.15, -0.1) is 11.3 Å². The Morgan fingerprint density at radius 3 is 2.86 bits per heavy atom. The van der Waals surface area contributed by atoms with Gasteiger partial charge in [0.15, 0.2) is 5.16 Å². The number of aryl methyl sites for hydroxylation is 3. The molecule has 156 valence electrons. The zero-order valence-electron chi connectivity index (χ0n) is 16.9. The number of ether oxygens (including phenoxy) is 1. The lowest BCUT2D eigenvalue weighted by atomic mass is 10.2. The maximum atomic E-state index is 13.1. The van der Waals surface area contributed by atoms with Crippen LogP contribution < -0.4 is 10.9 Å². The maximum Gasteiger partial charge on any atom is 0.263 e. The first kappa shape index (κ1) is 21.5. The van der Waals surface area contributed by atoms with Gasteiger partial charge in [-0.3, -0.25) is 19.5 Å². The van der Waals surface area contributed by atoms with Gasteiger partial charge in [0.2, 0.25) is 11.8 Å². The fraction of sp³-hybridized carbons (Fsp3) is 0.474. The number of carbonyl (C=O) groups is 1. The highest BCUT2D eigenvalue weighted by Crippen LogP contribution is 2.28. The summed E-state index contributed by atoms with van der Waals surface area (Å²) in [5.74, 6) is 0.155. The summed E-state index contributed by atoms with van der Waals surface area (Å²) >= 11 is 2.73. The Kier molecular flexibility index (Phi) is 7.09. The summed E-state index contributed by atoms with van der Waals surface area (Å²) in [7, 11) is 0. The molecule has 0 saturated heterocycles. The SMILES string of the molecule is CCOCCCn1c(SCC(=O)Nc2cc(C)no2)nc2sc(C)c(C)c2c1=O. The van der Waals surface area contributed by atoms with E-state index >= 15 is 0 Å². The van der Waals surface area contributed by atoms with Crippen molar-refractivity contribution in [2.24, 2.45) is 0 Å². The topological polar surface area (TPSA) is 99.2 Å². The van der Waals surface area contributed by atoms with Gasteiger partial charge < -0.3 is 9.26 Å². The number of aromatic nitrogens is 3. The van der Waals surface area contributed by atoms with Crippen molar-refractivity contribution in [1.29, 1.82) is 0 Å². The van der Waals surface area contributed by atoms with E-state index in [0.29, 0.717) is 53.1 Å². The number of carbonyl (C=O) groups excluding carboxylic acids is 1. The highest BCUT2D eigenvalue weighted by molar-refractivity contribution is 7.99. The molecule has 0 atom stereocenters. The molecule has 0 bridgehead atoms. The Morgan fingerprint density at radius 1 is 1.38 bits per heavy atom. The molecule has 0 aromatic carbocycles. The first-order valence-corrected chi connectivity index (χ1v) is 11.1. The number of thiophene rings is 1. The van der Waals surface area contributed by atoms with Gasteiger partial charge in [0.05, 0.1) is 16.8 Å². The molecule has 3 rings (SSSR count). The summed E-state index contributed by atoms with van der Waals surface area (Å²) in [6, 6.07) is 1.65. The van der Waals surface area contributed by atoms with Crippen molar-refractivity contribution < 1.29 is 14.1 Å². The Morgan fingerprint density at radius 2 is 2.17 bits per heavy atom. The second-order valence-corrected chi connectivity index (χ2v) is 8.68. The van der Waals surface area contributed by atoms with Crippen molar-refractivity contribution >= 4 is 45.1 Å². The Bertz CT molecular complexity index is 1070. The smallest absolute Gasteiger partial charge is 0.263 e. The van der Waals surface area contributed by atoms with E-state index < -0.39 is 0 Å². The van der Waals surface area contributed by atoms with Crippen LogP contribution in [-0.2, 0) is 16.1 Å². The van der Waals surface area contributed by atoms with Gasteiger partial charge in [0, 0.05) is 30.7 Å². The summed E-state index contributed by atoms with van der Waals surface area (Å²) in [6.45, 7) is 9.34. The minimum absolute atomic E-state index is 0.0675. The standard InChI is InChI=1S/C19H24N4O4S2/c1-5-26-8-6-7-23-18(25)16-12(3)13(4)29-17(16)21-19(23)28-10-14(24)20-15-9-11(2)22-27-15/h9H,5-8,10H2,1-4H3,(H,20,24). The lowest BCUT2D eigenvalue weighted by Gasteiger charge is -2.12. The molecule has 0 radical (unpaired) electrons. The van der Waals surface area contributed by atoms with Crippen LogP contribution in [0.4, 0.5) is 5.88 Å². The summed E-state index contributed by atoms with van der Waals surface area (Å²) in [5, 5.41) is 7.59. The molecule has 0 aliphatic rings. The summed E-state index contributed by atoms with van der Waals surface area (Å²) < 4.78 is 12.1. The lowest BCUT2D eigenvalue weighted by molar-refractivity contribution is -0.113. The van der Waals surface area contributed by atoms with E-state index in [4.69, 9.17) is 9.26 Å². The van der Waals surface area contributed by atoms with Gasteiger partial charge in [-0.1, -0.05) is 16.9 Å². The number of thioether (sulfide) groups is 1.